The average Bonchev–Trinajstić information content (AvgIpc) is 2.88. The zero-order valence-electron chi connectivity index (χ0n) is 20.3. The lowest BCUT2D eigenvalue weighted by atomic mass is 9.92. The fourth-order valence-corrected chi connectivity index (χ4v) is 3.69. The minimum atomic E-state index is -0.782. The number of allylic oxidation sites excluding steroid dienone is 2. The van der Waals surface area contributed by atoms with Gasteiger partial charge in [-0.2, -0.15) is 5.11 Å². The van der Waals surface area contributed by atoms with Crippen molar-refractivity contribution < 1.29 is 19.4 Å². The molecule has 9 nitrogen and oxygen atoms in total. The van der Waals surface area contributed by atoms with Gasteiger partial charge in [0.15, 0.2) is 0 Å². The standard InChI is InChI=1S/C27H33N5O4/c1-3-27(2,31-16-20(33)17-35-24-6-4-5-23(28)25(24)32-30)15-18-7-11-21(12-8-18)36-22-13-9-19(10-14-22)26(29)34/h3-14,20,23,25,30-31,33H,1,15-17,28H2,2H3,(H2,29,34)/t20-,23?,25?,27-/m0/s1. The largest absolute Gasteiger partial charge is 0.493 e. The maximum absolute atomic E-state index is 11.2. The number of rotatable bonds is 13. The van der Waals surface area contributed by atoms with Crippen LogP contribution in [-0.4, -0.2) is 47.9 Å². The highest BCUT2D eigenvalue weighted by atomic mass is 16.5. The third-order valence-electron chi connectivity index (χ3n) is 5.89. The molecule has 0 aromatic heterocycles. The number of aliphatic hydroxyl groups excluding tert-OH is 1. The first-order valence-electron chi connectivity index (χ1n) is 11.6. The normalized spacial score (nSPS) is 19.5. The van der Waals surface area contributed by atoms with Gasteiger partial charge in [-0.05, 0) is 61.4 Å². The SMILES string of the molecule is C=C[C@@](C)(Cc1ccc(Oc2ccc(C(N)=O)cc2)cc1)NC[C@H](O)COC1=CC=CC(N)C1N=N. The van der Waals surface area contributed by atoms with Crippen LogP contribution >= 0.6 is 0 Å². The van der Waals surface area contributed by atoms with Gasteiger partial charge in [-0.3, -0.25) is 4.79 Å². The number of benzene rings is 2. The van der Waals surface area contributed by atoms with Crippen molar-refractivity contribution >= 4 is 5.91 Å². The van der Waals surface area contributed by atoms with Gasteiger partial charge in [0.05, 0.1) is 6.04 Å². The predicted molar refractivity (Wildman–Crippen MR) is 138 cm³/mol. The zero-order valence-corrected chi connectivity index (χ0v) is 20.3. The molecule has 0 fully saturated rings. The molecule has 2 unspecified atom stereocenters. The molecule has 0 saturated heterocycles. The Balaban J connectivity index is 1.50. The van der Waals surface area contributed by atoms with Crippen LogP contribution in [0.5, 0.6) is 11.5 Å². The molecule has 2 aromatic rings. The van der Waals surface area contributed by atoms with E-state index >= 15 is 0 Å². The number of nitrogens with zero attached hydrogens (tertiary/aromatic N) is 1. The Kier molecular flexibility index (Phi) is 9.13. The lowest BCUT2D eigenvalue weighted by molar-refractivity contribution is 0.0606. The molecule has 3 rings (SSSR count). The summed E-state index contributed by atoms with van der Waals surface area (Å²) in [5, 5.41) is 17.3. The van der Waals surface area contributed by atoms with E-state index in [1.54, 1.807) is 42.5 Å². The quantitative estimate of drug-likeness (QED) is 0.214. The summed E-state index contributed by atoms with van der Waals surface area (Å²) in [6, 6.07) is 13.3. The van der Waals surface area contributed by atoms with Crippen molar-refractivity contribution in [3.05, 3.63) is 96.3 Å². The second-order valence-electron chi connectivity index (χ2n) is 8.88. The topological polar surface area (TPSA) is 156 Å². The Bertz CT molecular complexity index is 1110. The molecular weight excluding hydrogens is 458 g/mol. The first-order chi connectivity index (χ1) is 17.2. The van der Waals surface area contributed by atoms with Crippen molar-refractivity contribution in [3.63, 3.8) is 0 Å². The summed E-state index contributed by atoms with van der Waals surface area (Å²) < 4.78 is 11.5. The number of hydrogen-bond acceptors (Lipinski definition) is 8. The number of ether oxygens (including phenoxy) is 2. The number of amides is 1. The van der Waals surface area contributed by atoms with Crippen molar-refractivity contribution in [2.45, 2.75) is 37.1 Å². The molecule has 36 heavy (non-hydrogen) atoms. The summed E-state index contributed by atoms with van der Waals surface area (Å²) in [6.07, 6.45) is 6.90. The minimum Gasteiger partial charge on any atom is -0.493 e. The number of carbonyl (C=O) groups is 1. The predicted octanol–water partition coefficient (Wildman–Crippen LogP) is 3.21. The van der Waals surface area contributed by atoms with E-state index in [1.165, 1.54) is 0 Å². The van der Waals surface area contributed by atoms with Gasteiger partial charge in [0.2, 0.25) is 5.91 Å². The fraction of sp³-hybridized carbons (Fsp3) is 0.296. The number of nitrogens with one attached hydrogen (secondary N) is 2. The molecule has 7 N–H and O–H groups in total. The van der Waals surface area contributed by atoms with Crippen LogP contribution in [0.25, 0.3) is 0 Å². The average molecular weight is 492 g/mol. The van der Waals surface area contributed by atoms with Gasteiger partial charge in [0, 0.05) is 17.6 Å². The van der Waals surface area contributed by atoms with Crippen LogP contribution in [0.3, 0.4) is 0 Å². The number of aliphatic hydroxyl groups is 1. The summed E-state index contributed by atoms with van der Waals surface area (Å²) in [4.78, 5) is 11.2. The van der Waals surface area contributed by atoms with E-state index < -0.39 is 29.6 Å². The number of primary amides is 1. The first kappa shape index (κ1) is 26.8. The van der Waals surface area contributed by atoms with Gasteiger partial charge in [0.1, 0.15) is 36.0 Å². The summed E-state index contributed by atoms with van der Waals surface area (Å²) in [5.74, 6) is 1.25. The van der Waals surface area contributed by atoms with E-state index in [9.17, 15) is 9.90 Å². The van der Waals surface area contributed by atoms with E-state index in [2.05, 4.69) is 17.0 Å². The van der Waals surface area contributed by atoms with Crippen LogP contribution in [0.1, 0.15) is 22.8 Å². The summed E-state index contributed by atoms with van der Waals surface area (Å²) in [5.41, 5.74) is 19.5. The van der Waals surface area contributed by atoms with Gasteiger partial charge in [-0.1, -0.05) is 30.4 Å². The van der Waals surface area contributed by atoms with E-state index in [1.807, 2.05) is 37.3 Å². The highest BCUT2D eigenvalue weighted by molar-refractivity contribution is 5.92. The maximum Gasteiger partial charge on any atom is 0.248 e. The van der Waals surface area contributed by atoms with Gasteiger partial charge < -0.3 is 31.4 Å². The summed E-state index contributed by atoms with van der Waals surface area (Å²) >= 11 is 0. The molecule has 190 valence electrons. The van der Waals surface area contributed by atoms with Crippen LogP contribution in [-0.2, 0) is 11.2 Å². The highest BCUT2D eigenvalue weighted by Crippen LogP contribution is 2.24. The molecule has 4 atom stereocenters. The first-order valence-corrected chi connectivity index (χ1v) is 11.6. The van der Waals surface area contributed by atoms with Crippen LogP contribution in [0, 0.1) is 5.53 Å². The maximum atomic E-state index is 11.2. The Morgan fingerprint density at radius 3 is 2.47 bits per heavy atom. The second-order valence-corrected chi connectivity index (χ2v) is 8.88. The van der Waals surface area contributed by atoms with Gasteiger partial charge in [-0.25, -0.2) is 5.53 Å². The molecule has 0 bridgehead atoms. The van der Waals surface area contributed by atoms with E-state index in [0.717, 1.165) is 5.56 Å². The fourth-order valence-electron chi connectivity index (χ4n) is 3.69. The molecule has 0 spiro atoms. The lowest BCUT2D eigenvalue weighted by Gasteiger charge is -2.29. The Labute approximate surface area is 211 Å². The number of carbonyl (C=O) groups excluding carboxylic acids is 1. The van der Waals surface area contributed by atoms with Crippen LogP contribution < -0.4 is 21.5 Å². The zero-order chi connectivity index (χ0) is 26.1. The van der Waals surface area contributed by atoms with Crippen LogP contribution in [0.2, 0.25) is 0 Å². The van der Waals surface area contributed by atoms with Crippen molar-refractivity contribution in [2.75, 3.05) is 13.2 Å². The van der Waals surface area contributed by atoms with Crippen LogP contribution in [0.4, 0.5) is 0 Å². The lowest BCUT2D eigenvalue weighted by Crippen LogP contribution is -2.47. The molecule has 9 heteroatoms. The highest BCUT2D eigenvalue weighted by Gasteiger charge is 2.25. The minimum absolute atomic E-state index is 0.0467. The van der Waals surface area contributed by atoms with Crippen molar-refractivity contribution in [1.29, 1.82) is 5.53 Å². The van der Waals surface area contributed by atoms with E-state index in [4.69, 9.17) is 26.5 Å². The Hall–Kier alpha value is -3.79. The molecule has 2 aromatic carbocycles. The van der Waals surface area contributed by atoms with Crippen molar-refractivity contribution in [1.82, 2.24) is 5.32 Å². The second kappa shape index (κ2) is 12.3. The monoisotopic (exact) mass is 491 g/mol. The molecule has 0 heterocycles. The van der Waals surface area contributed by atoms with Gasteiger partial charge in [-0.15, -0.1) is 6.58 Å². The summed E-state index contributed by atoms with van der Waals surface area (Å²) in [7, 11) is 0. The number of hydrogen-bond donors (Lipinski definition) is 5. The smallest absolute Gasteiger partial charge is 0.248 e. The van der Waals surface area contributed by atoms with Crippen molar-refractivity contribution in [2.24, 2.45) is 16.6 Å². The third kappa shape index (κ3) is 7.35. The number of nitrogens with two attached hydrogens (primary N) is 2. The molecule has 0 aliphatic heterocycles. The molecule has 0 saturated carbocycles. The molecule has 1 aliphatic rings. The molecule has 1 aliphatic carbocycles. The van der Waals surface area contributed by atoms with Gasteiger partial charge in [0.25, 0.3) is 0 Å². The van der Waals surface area contributed by atoms with Crippen LogP contribution in [0.15, 0.2) is 90.3 Å². The third-order valence-corrected chi connectivity index (χ3v) is 5.89. The Morgan fingerprint density at radius 2 is 1.89 bits per heavy atom. The molecule has 0 radical (unpaired) electrons. The van der Waals surface area contributed by atoms with E-state index in [0.29, 0.717) is 29.2 Å². The number of β-amino-alcohol motifs (C(OH)–C–C–N with tert-alkyl or cyclic N) is 1. The molecular formula is C27H33N5O4. The van der Waals surface area contributed by atoms with Crippen molar-refractivity contribution in [3.8, 4) is 11.5 Å². The summed E-state index contributed by atoms with van der Waals surface area (Å²) in [6.45, 7) is 6.28. The van der Waals surface area contributed by atoms with E-state index in [-0.39, 0.29) is 13.2 Å². The Morgan fingerprint density at radius 1 is 1.25 bits per heavy atom. The van der Waals surface area contributed by atoms with Gasteiger partial charge >= 0.3 is 0 Å². The molecule has 1 amide bonds.